The summed E-state index contributed by atoms with van der Waals surface area (Å²) in [4.78, 5) is 22.2. The van der Waals surface area contributed by atoms with Crippen molar-refractivity contribution in [3.05, 3.63) is 66.1 Å². The van der Waals surface area contributed by atoms with Gasteiger partial charge in [-0.3, -0.25) is 10.00 Å². The molecular weight excluding hydrogens is 448 g/mol. The molecule has 0 spiro atoms. The van der Waals surface area contributed by atoms with Gasteiger partial charge in [0.2, 0.25) is 0 Å². The first-order valence-corrected chi connectivity index (χ1v) is 10.5. The summed E-state index contributed by atoms with van der Waals surface area (Å²) in [6.07, 6.45) is 2.37. The van der Waals surface area contributed by atoms with Crippen LogP contribution in [0.5, 0.6) is 0 Å². The third kappa shape index (κ3) is 4.48. The highest BCUT2D eigenvalue weighted by molar-refractivity contribution is 5.88. The summed E-state index contributed by atoms with van der Waals surface area (Å²) in [5.41, 5.74) is 1.70. The molecule has 34 heavy (non-hydrogen) atoms. The molecule has 0 bridgehead atoms. The molecule has 1 saturated heterocycles. The lowest BCUT2D eigenvalue weighted by Gasteiger charge is -2.26. The Labute approximate surface area is 192 Å². The molecule has 1 N–H and O–H groups in total. The Morgan fingerprint density at radius 1 is 1.09 bits per heavy atom. The second-order valence-electron chi connectivity index (χ2n) is 7.47. The summed E-state index contributed by atoms with van der Waals surface area (Å²) in [6.45, 7) is 1.72. The van der Waals surface area contributed by atoms with E-state index in [0.29, 0.717) is 43.3 Å². The number of aromatic nitrogens is 5. The number of urea groups is 1. The van der Waals surface area contributed by atoms with Crippen LogP contribution in [0.4, 0.5) is 19.4 Å². The van der Waals surface area contributed by atoms with Gasteiger partial charge < -0.3 is 14.2 Å². The van der Waals surface area contributed by atoms with E-state index in [1.165, 1.54) is 21.9 Å². The van der Waals surface area contributed by atoms with Gasteiger partial charge in [-0.25, -0.2) is 23.5 Å². The molecule has 3 aromatic heterocycles. The zero-order valence-electron chi connectivity index (χ0n) is 17.8. The molecule has 12 heteroatoms. The van der Waals surface area contributed by atoms with Gasteiger partial charge in [0.25, 0.3) is 0 Å². The average molecular weight is 467 g/mol. The number of nitrogens with zero attached hydrogens (tertiary/aromatic N) is 6. The van der Waals surface area contributed by atoms with Crippen molar-refractivity contribution < 1.29 is 22.8 Å². The smallest absolute Gasteiger partial charge is 0.323 e. The van der Waals surface area contributed by atoms with E-state index in [0.717, 1.165) is 6.20 Å². The molecule has 2 amide bonds. The molecule has 1 aliphatic rings. The quantitative estimate of drug-likeness (QED) is 0.480. The maximum atomic E-state index is 14.4. The molecular formula is C22H19F2N7O3. The monoisotopic (exact) mass is 467 g/mol. The summed E-state index contributed by atoms with van der Waals surface area (Å²) < 4.78 is 40.3. The maximum Gasteiger partial charge on any atom is 0.323 e. The van der Waals surface area contributed by atoms with Gasteiger partial charge in [-0.15, -0.1) is 0 Å². The minimum absolute atomic E-state index is 0.0794. The second kappa shape index (κ2) is 9.35. The van der Waals surface area contributed by atoms with E-state index < -0.39 is 11.8 Å². The minimum Gasteiger partial charge on any atom is -0.378 e. The number of halogens is 2. The lowest BCUT2D eigenvalue weighted by Crippen LogP contribution is -2.43. The van der Waals surface area contributed by atoms with Gasteiger partial charge in [0, 0.05) is 24.7 Å². The van der Waals surface area contributed by atoms with Gasteiger partial charge in [-0.2, -0.15) is 5.10 Å². The van der Waals surface area contributed by atoms with Crippen LogP contribution in [-0.2, 0) is 11.3 Å². The van der Waals surface area contributed by atoms with Crippen molar-refractivity contribution in [2.24, 2.45) is 0 Å². The van der Waals surface area contributed by atoms with Gasteiger partial charge in [0.1, 0.15) is 23.5 Å². The number of carbonyl (C=O) groups is 1. The number of nitrogens with one attached hydrogen (secondary N) is 1. The van der Waals surface area contributed by atoms with Gasteiger partial charge in [0.05, 0.1) is 31.6 Å². The molecule has 1 aliphatic heterocycles. The van der Waals surface area contributed by atoms with Crippen LogP contribution in [0.1, 0.15) is 5.56 Å². The van der Waals surface area contributed by atoms with Crippen LogP contribution in [-0.4, -0.2) is 62.1 Å². The van der Waals surface area contributed by atoms with Gasteiger partial charge >= 0.3 is 6.03 Å². The van der Waals surface area contributed by atoms with E-state index in [1.807, 2.05) is 0 Å². The predicted octanol–water partition coefficient (Wildman–Crippen LogP) is 3.19. The molecule has 0 saturated carbocycles. The van der Waals surface area contributed by atoms with Crippen LogP contribution in [0.25, 0.3) is 22.9 Å². The summed E-state index contributed by atoms with van der Waals surface area (Å²) in [6, 6.07) is 9.13. The Morgan fingerprint density at radius 2 is 1.91 bits per heavy atom. The normalized spacial score (nSPS) is 13.8. The van der Waals surface area contributed by atoms with Crippen molar-refractivity contribution in [2.45, 2.75) is 6.54 Å². The molecule has 4 aromatic rings. The number of amides is 2. The lowest BCUT2D eigenvalue weighted by molar-refractivity contribution is 0.0564. The summed E-state index contributed by atoms with van der Waals surface area (Å²) >= 11 is 0. The third-order valence-electron chi connectivity index (χ3n) is 5.26. The fourth-order valence-electron chi connectivity index (χ4n) is 3.51. The Kier molecular flexibility index (Phi) is 5.95. The Bertz CT molecular complexity index is 1300. The number of rotatable bonds is 5. The van der Waals surface area contributed by atoms with E-state index >= 15 is 0 Å². The topological polar surface area (TPSA) is 111 Å². The van der Waals surface area contributed by atoms with Gasteiger partial charge in [-0.05, 0) is 12.1 Å². The zero-order chi connectivity index (χ0) is 23.5. The first kappa shape index (κ1) is 21.6. The first-order chi connectivity index (χ1) is 16.6. The summed E-state index contributed by atoms with van der Waals surface area (Å²) in [7, 11) is 0. The largest absolute Gasteiger partial charge is 0.378 e. The molecule has 0 radical (unpaired) electrons. The van der Waals surface area contributed by atoms with Crippen LogP contribution >= 0.6 is 0 Å². The van der Waals surface area contributed by atoms with Gasteiger partial charge in [-0.1, -0.05) is 23.4 Å². The molecule has 174 valence electrons. The number of ether oxygens (including phenoxy) is 1. The fourth-order valence-corrected chi connectivity index (χ4v) is 3.51. The summed E-state index contributed by atoms with van der Waals surface area (Å²) in [5, 5.41) is 10.9. The number of benzene rings is 1. The van der Waals surface area contributed by atoms with E-state index in [1.54, 1.807) is 30.3 Å². The van der Waals surface area contributed by atoms with E-state index in [4.69, 9.17) is 9.26 Å². The van der Waals surface area contributed by atoms with Crippen molar-refractivity contribution >= 4 is 11.8 Å². The standard InChI is InChI=1S/C22H19F2N7O3/c23-15-4-2-1-3-14(15)13-31-19(17-5-8-34-29-17)11-18(28-31)21-25-12-16(24)20(26-21)27-22(32)30-6-9-33-10-7-30/h1-5,8,11-12H,6-7,9-10,13H2,(H,25,26,27,32). The lowest BCUT2D eigenvalue weighted by atomic mass is 10.2. The van der Waals surface area contributed by atoms with Crippen molar-refractivity contribution in [1.29, 1.82) is 0 Å². The molecule has 10 nitrogen and oxygen atoms in total. The fraction of sp³-hybridized carbons (Fsp3) is 0.227. The van der Waals surface area contributed by atoms with E-state index in [-0.39, 0.29) is 29.7 Å². The highest BCUT2D eigenvalue weighted by Crippen LogP contribution is 2.26. The number of morpholine rings is 1. The molecule has 5 rings (SSSR count). The minimum atomic E-state index is -0.784. The van der Waals surface area contributed by atoms with Crippen molar-refractivity contribution in [3.8, 4) is 22.9 Å². The average Bonchev–Trinajstić information content (AvgIpc) is 3.53. The molecule has 1 aromatic carbocycles. The van der Waals surface area contributed by atoms with Crippen molar-refractivity contribution in [3.63, 3.8) is 0 Å². The maximum absolute atomic E-state index is 14.4. The van der Waals surface area contributed by atoms with Crippen molar-refractivity contribution in [2.75, 3.05) is 31.6 Å². The van der Waals surface area contributed by atoms with Crippen LogP contribution < -0.4 is 5.32 Å². The molecule has 0 atom stereocenters. The highest BCUT2D eigenvalue weighted by atomic mass is 19.1. The number of anilines is 1. The number of carbonyl (C=O) groups excluding carboxylic acids is 1. The van der Waals surface area contributed by atoms with Crippen LogP contribution in [0, 0.1) is 11.6 Å². The third-order valence-corrected chi connectivity index (χ3v) is 5.26. The Balaban J connectivity index is 1.47. The van der Waals surface area contributed by atoms with E-state index in [2.05, 4.69) is 25.5 Å². The predicted molar refractivity (Wildman–Crippen MR) is 116 cm³/mol. The van der Waals surface area contributed by atoms with E-state index in [9.17, 15) is 13.6 Å². The van der Waals surface area contributed by atoms with Crippen LogP contribution in [0.15, 0.2) is 53.4 Å². The van der Waals surface area contributed by atoms with Gasteiger partial charge in [0.15, 0.2) is 17.5 Å². The SMILES string of the molecule is O=C(Nc1nc(-c2cc(-c3ccon3)n(Cc3ccccc3F)n2)ncc1F)N1CCOCC1. The van der Waals surface area contributed by atoms with Crippen LogP contribution in [0.3, 0.4) is 0 Å². The second-order valence-corrected chi connectivity index (χ2v) is 7.47. The first-order valence-electron chi connectivity index (χ1n) is 10.5. The highest BCUT2D eigenvalue weighted by Gasteiger charge is 2.21. The Morgan fingerprint density at radius 3 is 2.68 bits per heavy atom. The molecule has 1 fully saturated rings. The van der Waals surface area contributed by atoms with Crippen LogP contribution in [0.2, 0.25) is 0 Å². The molecule has 0 unspecified atom stereocenters. The zero-order valence-corrected chi connectivity index (χ0v) is 17.8. The molecule has 4 heterocycles. The number of hydrogen-bond donors (Lipinski definition) is 1. The number of hydrogen-bond acceptors (Lipinski definition) is 7. The van der Waals surface area contributed by atoms with Crippen molar-refractivity contribution in [1.82, 2.24) is 29.8 Å². The summed E-state index contributed by atoms with van der Waals surface area (Å²) in [5.74, 6) is -1.35. The Hall–Kier alpha value is -4.19. The molecule has 0 aliphatic carbocycles.